The van der Waals surface area contributed by atoms with Crippen LogP contribution >= 0.6 is 0 Å². The van der Waals surface area contributed by atoms with Crippen molar-refractivity contribution in [3.8, 4) is 0 Å². The van der Waals surface area contributed by atoms with Crippen LogP contribution in [-0.2, 0) is 16.1 Å². The van der Waals surface area contributed by atoms with Gasteiger partial charge < -0.3 is 0 Å². The van der Waals surface area contributed by atoms with E-state index in [0.717, 1.165) is 11.1 Å². The standard InChI is InChI=1S/C19H16FN3O3/c1-12-6-2-5-9-16(12)23-18(25)14(17(24)22-19(23)26)11-21-10-13-7-3-4-8-15(13)20/h2-9,11,14H,10H2,1H3,(H,22,24,26)/t14-/m1/s1. The van der Waals surface area contributed by atoms with E-state index in [4.69, 9.17) is 0 Å². The third-order valence-corrected chi connectivity index (χ3v) is 4.03. The summed E-state index contributed by atoms with van der Waals surface area (Å²) in [5, 5.41) is 2.16. The van der Waals surface area contributed by atoms with Crippen molar-refractivity contribution in [1.82, 2.24) is 5.32 Å². The second kappa shape index (κ2) is 7.26. The Kier molecular flexibility index (Phi) is 4.88. The Hall–Kier alpha value is -3.35. The van der Waals surface area contributed by atoms with E-state index in [1.54, 1.807) is 49.4 Å². The van der Waals surface area contributed by atoms with E-state index in [0.29, 0.717) is 16.8 Å². The largest absolute Gasteiger partial charge is 0.335 e. The van der Waals surface area contributed by atoms with Gasteiger partial charge in [-0.2, -0.15) is 0 Å². The van der Waals surface area contributed by atoms with Crippen LogP contribution in [0.5, 0.6) is 0 Å². The van der Waals surface area contributed by atoms with Gasteiger partial charge in [0.1, 0.15) is 5.82 Å². The van der Waals surface area contributed by atoms with Crippen molar-refractivity contribution >= 4 is 29.7 Å². The third-order valence-electron chi connectivity index (χ3n) is 4.03. The molecule has 1 heterocycles. The molecule has 1 fully saturated rings. The molecule has 0 spiro atoms. The minimum atomic E-state index is -1.25. The van der Waals surface area contributed by atoms with Crippen LogP contribution in [0.15, 0.2) is 53.5 Å². The van der Waals surface area contributed by atoms with E-state index >= 15 is 0 Å². The molecule has 0 bridgehead atoms. The number of aliphatic imine (C=N–C) groups is 1. The molecular formula is C19H16FN3O3. The number of hydrogen-bond acceptors (Lipinski definition) is 4. The molecule has 0 radical (unpaired) electrons. The number of anilines is 1. The Morgan fingerprint density at radius 2 is 1.81 bits per heavy atom. The van der Waals surface area contributed by atoms with Crippen LogP contribution in [0.3, 0.4) is 0 Å². The Balaban J connectivity index is 1.83. The van der Waals surface area contributed by atoms with E-state index in [9.17, 15) is 18.8 Å². The molecule has 7 heteroatoms. The fourth-order valence-corrected chi connectivity index (χ4v) is 2.65. The van der Waals surface area contributed by atoms with Gasteiger partial charge in [0, 0.05) is 11.8 Å². The molecule has 1 aliphatic heterocycles. The van der Waals surface area contributed by atoms with Gasteiger partial charge in [-0.1, -0.05) is 36.4 Å². The first kappa shape index (κ1) is 17.5. The van der Waals surface area contributed by atoms with E-state index in [2.05, 4.69) is 10.3 Å². The molecule has 0 unspecified atom stereocenters. The molecule has 4 amide bonds. The zero-order chi connectivity index (χ0) is 18.7. The monoisotopic (exact) mass is 353 g/mol. The fraction of sp³-hybridized carbons (Fsp3) is 0.158. The maximum atomic E-state index is 13.6. The number of amides is 4. The normalized spacial score (nSPS) is 17.7. The van der Waals surface area contributed by atoms with Crippen molar-refractivity contribution in [3.05, 3.63) is 65.5 Å². The van der Waals surface area contributed by atoms with Gasteiger partial charge in [0.15, 0.2) is 5.92 Å². The molecular weight excluding hydrogens is 337 g/mol. The number of rotatable bonds is 4. The van der Waals surface area contributed by atoms with Crippen LogP contribution in [-0.4, -0.2) is 24.1 Å². The van der Waals surface area contributed by atoms with Crippen molar-refractivity contribution in [2.24, 2.45) is 10.9 Å². The van der Waals surface area contributed by atoms with Gasteiger partial charge >= 0.3 is 6.03 Å². The van der Waals surface area contributed by atoms with Gasteiger partial charge in [-0.3, -0.25) is 19.9 Å². The topological polar surface area (TPSA) is 78.8 Å². The molecule has 3 rings (SSSR count). The molecule has 132 valence electrons. The molecule has 0 aliphatic carbocycles. The average molecular weight is 353 g/mol. The lowest BCUT2D eigenvalue weighted by molar-refractivity contribution is -0.131. The van der Waals surface area contributed by atoms with Crippen LogP contribution in [0, 0.1) is 18.7 Å². The highest BCUT2D eigenvalue weighted by Crippen LogP contribution is 2.23. The van der Waals surface area contributed by atoms with Gasteiger partial charge in [0.25, 0.3) is 5.91 Å². The number of carbonyl (C=O) groups is 3. The van der Waals surface area contributed by atoms with Crippen LogP contribution in [0.25, 0.3) is 0 Å². The first-order valence-electron chi connectivity index (χ1n) is 7.97. The number of carbonyl (C=O) groups excluding carboxylic acids is 3. The predicted octanol–water partition coefficient (Wildman–Crippen LogP) is 2.60. The number of urea groups is 1. The summed E-state index contributed by atoms with van der Waals surface area (Å²) >= 11 is 0. The first-order chi connectivity index (χ1) is 12.5. The number of aryl methyl sites for hydroxylation is 1. The molecule has 6 nitrogen and oxygen atoms in total. The Morgan fingerprint density at radius 3 is 2.54 bits per heavy atom. The zero-order valence-corrected chi connectivity index (χ0v) is 14.0. The predicted molar refractivity (Wildman–Crippen MR) is 94.3 cm³/mol. The molecule has 2 aromatic rings. The van der Waals surface area contributed by atoms with Gasteiger partial charge in [-0.25, -0.2) is 14.1 Å². The summed E-state index contributed by atoms with van der Waals surface area (Å²) in [7, 11) is 0. The summed E-state index contributed by atoms with van der Waals surface area (Å²) in [4.78, 5) is 41.8. The Morgan fingerprint density at radius 1 is 1.12 bits per heavy atom. The van der Waals surface area contributed by atoms with E-state index in [1.165, 1.54) is 6.07 Å². The lowest BCUT2D eigenvalue weighted by Crippen LogP contribution is -2.58. The smallest absolute Gasteiger partial charge is 0.291 e. The quantitative estimate of drug-likeness (QED) is 0.678. The number of halogens is 1. The second-order valence-electron chi connectivity index (χ2n) is 5.81. The second-order valence-corrected chi connectivity index (χ2v) is 5.81. The van der Waals surface area contributed by atoms with Crippen LogP contribution in [0.1, 0.15) is 11.1 Å². The van der Waals surface area contributed by atoms with E-state index in [1.807, 2.05) is 0 Å². The van der Waals surface area contributed by atoms with Gasteiger partial charge in [0.05, 0.1) is 12.2 Å². The van der Waals surface area contributed by atoms with Crippen molar-refractivity contribution in [2.45, 2.75) is 13.5 Å². The highest BCUT2D eigenvalue weighted by molar-refractivity contribution is 6.32. The molecule has 0 aromatic heterocycles. The number of para-hydroxylation sites is 1. The number of hydrogen-bond donors (Lipinski definition) is 1. The molecule has 1 saturated heterocycles. The summed E-state index contributed by atoms with van der Waals surface area (Å²) in [6.07, 6.45) is 1.15. The van der Waals surface area contributed by atoms with Crippen molar-refractivity contribution < 1.29 is 18.8 Å². The number of barbiturate groups is 1. The molecule has 1 aliphatic rings. The highest BCUT2D eigenvalue weighted by atomic mass is 19.1. The third kappa shape index (κ3) is 3.37. The maximum absolute atomic E-state index is 13.6. The summed E-state index contributed by atoms with van der Waals surface area (Å²) in [6.45, 7) is 1.75. The van der Waals surface area contributed by atoms with Crippen LogP contribution in [0.2, 0.25) is 0 Å². The van der Waals surface area contributed by atoms with Gasteiger partial charge in [-0.15, -0.1) is 0 Å². The Bertz CT molecular complexity index is 910. The van der Waals surface area contributed by atoms with Crippen molar-refractivity contribution in [3.63, 3.8) is 0 Å². The summed E-state index contributed by atoms with van der Waals surface area (Å²) in [6, 6.07) is 12.2. The molecule has 26 heavy (non-hydrogen) atoms. The molecule has 1 N–H and O–H groups in total. The Labute approximate surface area is 149 Å². The highest BCUT2D eigenvalue weighted by Gasteiger charge is 2.40. The van der Waals surface area contributed by atoms with Crippen molar-refractivity contribution in [2.75, 3.05) is 4.90 Å². The number of imide groups is 2. The van der Waals surface area contributed by atoms with Crippen LogP contribution in [0.4, 0.5) is 14.9 Å². The van der Waals surface area contributed by atoms with Gasteiger partial charge in [-0.05, 0) is 24.6 Å². The van der Waals surface area contributed by atoms with Gasteiger partial charge in [0.2, 0.25) is 5.91 Å². The SMILES string of the molecule is Cc1ccccc1N1C(=O)NC(=O)[C@@H](C=NCc2ccccc2F)C1=O. The lowest BCUT2D eigenvalue weighted by Gasteiger charge is -2.29. The number of benzene rings is 2. The zero-order valence-electron chi connectivity index (χ0n) is 14.0. The molecule has 0 saturated carbocycles. The maximum Gasteiger partial charge on any atom is 0.335 e. The molecule has 1 atom stereocenters. The fourth-order valence-electron chi connectivity index (χ4n) is 2.65. The minimum absolute atomic E-state index is 0.0119. The van der Waals surface area contributed by atoms with E-state index < -0.39 is 29.6 Å². The van der Waals surface area contributed by atoms with Crippen molar-refractivity contribution in [1.29, 1.82) is 0 Å². The van der Waals surface area contributed by atoms with E-state index in [-0.39, 0.29) is 6.54 Å². The first-order valence-corrected chi connectivity index (χ1v) is 7.97. The lowest BCUT2D eigenvalue weighted by atomic mass is 10.0. The minimum Gasteiger partial charge on any atom is -0.291 e. The van der Waals surface area contributed by atoms with Crippen LogP contribution < -0.4 is 10.2 Å². The number of nitrogens with one attached hydrogen (secondary N) is 1. The number of nitrogens with zero attached hydrogens (tertiary/aromatic N) is 2. The summed E-state index contributed by atoms with van der Waals surface area (Å²) < 4.78 is 13.6. The summed E-state index contributed by atoms with van der Waals surface area (Å²) in [5.41, 5.74) is 1.46. The molecule has 2 aromatic carbocycles. The average Bonchev–Trinajstić information content (AvgIpc) is 2.60. The summed E-state index contributed by atoms with van der Waals surface area (Å²) in [5.74, 6) is -3.10.